The molecule has 1 nitrogen and oxygen atoms in total. The summed E-state index contributed by atoms with van der Waals surface area (Å²) < 4.78 is 0. The van der Waals surface area contributed by atoms with Crippen LogP contribution in [-0.4, -0.2) is 5.78 Å². The van der Waals surface area contributed by atoms with Gasteiger partial charge in [-0.15, -0.1) is 0 Å². The van der Waals surface area contributed by atoms with Gasteiger partial charge >= 0.3 is 0 Å². The van der Waals surface area contributed by atoms with E-state index in [0.29, 0.717) is 18.1 Å². The van der Waals surface area contributed by atoms with Crippen LogP contribution < -0.4 is 0 Å². The number of rotatable bonds is 2. The zero-order valence-corrected chi connectivity index (χ0v) is 11.7. The molecule has 1 aliphatic rings. The Morgan fingerprint density at radius 3 is 2.84 bits per heavy atom. The first-order valence-electron chi connectivity index (χ1n) is 7.29. The summed E-state index contributed by atoms with van der Waals surface area (Å²) in [5, 5.41) is 2.55. The van der Waals surface area contributed by atoms with Crippen LogP contribution in [0.15, 0.2) is 30.3 Å². The van der Waals surface area contributed by atoms with E-state index < -0.39 is 0 Å². The fourth-order valence-corrected chi connectivity index (χ4v) is 3.09. The molecule has 0 bridgehead atoms. The van der Waals surface area contributed by atoms with Crippen LogP contribution in [-0.2, 0) is 6.42 Å². The summed E-state index contributed by atoms with van der Waals surface area (Å²) in [6.07, 6.45) is 3.89. The van der Waals surface area contributed by atoms with E-state index in [0.717, 1.165) is 24.8 Å². The van der Waals surface area contributed by atoms with Crippen molar-refractivity contribution in [1.82, 2.24) is 0 Å². The van der Waals surface area contributed by atoms with E-state index in [-0.39, 0.29) is 0 Å². The third kappa shape index (κ3) is 2.07. The molecule has 0 N–H and O–H groups in total. The third-order valence-electron chi connectivity index (χ3n) is 4.43. The van der Waals surface area contributed by atoms with Crippen molar-refractivity contribution in [2.45, 2.75) is 45.4 Å². The number of aryl methyl sites for hydroxylation is 1. The molecule has 0 saturated heterocycles. The highest BCUT2D eigenvalue weighted by atomic mass is 16.1. The zero-order valence-electron chi connectivity index (χ0n) is 11.7. The van der Waals surface area contributed by atoms with Crippen LogP contribution in [0, 0.1) is 0 Å². The normalized spacial score (nSPS) is 16.4. The molecule has 0 aliphatic heterocycles. The third-order valence-corrected chi connectivity index (χ3v) is 4.43. The second kappa shape index (κ2) is 4.80. The summed E-state index contributed by atoms with van der Waals surface area (Å²) in [5.41, 5.74) is 3.58. The van der Waals surface area contributed by atoms with Crippen molar-refractivity contribution in [3.63, 3.8) is 0 Å². The Labute approximate surface area is 114 Å². The highest BCUT2D eigenvalue weighted by Gasteiger charge is 2.19. The number of hydrogen-bond donors (Lipinski definition) is 0. The molecule has 2 aromatic carbocycles. The molecular formula is C18H20O. The first kappa shape index (κ1) is 12.4. The maximum absolute atomic E-state index is 12.1. The maximum atomic E-state index is 12.1. The van der Waals surface area contributed by atoms with E-state index in [4.69, 9.17) is 0 Å². The number of ketones is 1. The molecular weight excluding hydrogens is 232 g/mol. The van der Waals surface area contributed by atoms with Crippen molar-refractivity contribution in [3.8, 4) is 0 Å². The van der Waals surface area contributed by atoms with Gasteiger partial charge in [0.25, 0.3) is 0 Å². The van der Waals surface area contributed by atoms with Crippen LogP contribution in [0.3, 0.4) is 0 Å². The fraction of sp³-hybridized carbons (Fsp3) is 0.389. The van der Waals surface area contributed by atoms with Gasteiger partial charge in [-0.25, -0.2) is 0 Å². The lowest BCUT2D eigenvalue weighted by molar-refractivity contribution is 0.0972. The van der Waals surface area contributed by atoms with Crippen LogP contribution in [0.25, 0.3) is 10.8 Å². The van der Waals surface area contributed by atoms with Crippen LogP contribution in [0.2, 0.25) is 0 Å². The molecule has 0 aromatic heterocycles. The van der Waals surface area contributed by atoms with Gasteiger partial charge in [0.1, 0.15) is 0 Å². The van der Waals surface area contributed by atoms with Gasteiger partial charge in [-0.1, -0.05) is 38.1 Å². The predicted molar refractivity (Wildman–Crippen MR) is 79.9 cm³/mol. The second-order valence-electron chi connectivity index (χ2n) is 5.66. The first-order chi connectivity index (χ1) is 9.20. The average Bonchev–Trinajstić information content (AvgIpc) is 2.44. The van der Waals surface area contributed by atoms with Crippen molar-refractivity contribution in [3.05, 3.63) is 47.0 Å². The summed E-state index contributed by atoms with van der Waals surface area (Å²) >= 11 is 0. The molecule has 1 heteroatoms. The Morgan fingerprint density at radius 1 is 1.21 bits per heavy atom. The molecule has 0 heterocycles. The Balaban J connectivity index is 2.26. The molecule has 0 saturated carbocycles. The molecule has 0 fully saturated rings. The van der Waals surface area contributed by atoms with Crippen molar-refractivity contribution in [1.29, 1.82) is 0 Å². The number of fused-ring (bicyclic) bond motifs is 2. The standard InChI is InChI=1S/C18H20O/c1-3-12(2)15-8-4-6-13-10-14-7-5-9-18(19)17(14)11-16(13)15/h4,6,8,10-12H,3,5,7,9H2,1-2H3. The van der Waals surface area contributed by atoms with Crippen LogP contribution in [0.4, 0.5) is 0 Å². The van der Waals surface area contributed by atoms with Gasteiger partial charge in [-0.2, -0.15) is 0 Å². The monoisotopic (exact) mass is 252 g/mol. The summed E-state index contributed by atoms with van der Waals surface area (Å²) in [4.78, 5) is 12.1. The lowest BCUT2D eigenvalue weighted by Crippen LogP contribution is -2.10. The summed E-state index contributed by atoms with van der Waals surface area (Å²) in [7, 11) is 0. The van der Waals surface area contributed by atoms with Crippen molar-refractivity contribution in [2.24, 2.45) is 0 Å². The number of carbonyl (C=O) groups excluding carboxylic acids is 1. The van der Waals surface area contributed by atoms with E-state index >= 15 is 0 Å². The van der Waals surface area contributed by atoms with E-state index in [1.807, 2.05) is 0 Å². The van der Waals surface area contributed by atoms with Gasteiger partial charge in [0.15, 0.2) is 5.78 Å². The van der Waals surface area contributed by atoms with E-state index in [2.05, 4.69) is 44.2 Å². The Kier molecular flexibility index (Phi) is 3.14. The minimum atomic E-state index is 0.321. The van der Waals surface area contributed by atoms with E-state index in [1.165, 1.54) is 21.9 Å². The number of Topliss-reactive ketones (excluding diaryl/α,β-unsaturated/α-hetero) is 1. The smallest absolute Gasteiger partial charge is 0.163 e. The number of benzene rings is 2. The average molecular weight is 252 g/mol. The SMILES string of the molecule is CCC(C)c1cccc2cc3c(cc12)C(=O)CCC3. The molecule has 3 rings (SSSR count). The molecule has 1 aliphatic carbocycles. The van der Waals surface area contributed by atoms with Gasteiger partial charge in [0, 0.05) is 12.0 Å². The zero-order chi connectivity index (χ0) is 13.4. The summed E-state index contributed by atoms with van der Waals surface area (Å²) in [6, 6.07) is 10.9. The van der Waals surface area contributed by atoms with E-state index in [1.54, 1.807) is 0 Å². The second-order valence-corrected chi connectivity index (χ2v) is 5.66. The molecule has 1 unspecified atom stereocenters. The lowest BCUT2D eigenvalue weighted by atomic mass is 9.85. The molecule has 0 radical (unpaired) electrons. The highest BCUT2D eigenvalue weighted by Crippen LogP contribution is 2.32. The van der Waals surface area contributed by atoms with Gasteiger partial charge in [-0.05, 0) is 53.1 Å². The Bertz CT molecular complexity index is 639. The van der Waals surface area contributed by atoms with Crippen molar-refractivity contribution in [2.75, 3.05) is 0 Å². The molecule has 2 aromatic rings. The van der Waals surface area contributed by atoms with Gasteiger partial charge in [0.05, 0.1) is 0 Å². The Hall–Kier alpha value is -1.63. The Morgan fingerprint density at radius 2 is 2.05 bits per heavy atom. The van der Waals surface area contributed by atoms with Crippen molar-refractivity contribution >= 4 is 16.6 Å². The molecule has 0 amide bonds. The molecule has 19 heavy (non-hydrogen) atoms. The molecule has 98 valence electrons. The lowest BCUT2D eigenvalue weighted by Gasteiger charge is -2.18. The van der Waals surface area contributed by atoms with Crippen LogP contribution >= 0.6 is 0 Å². The topological polar surface area (TPSA) is 17.1 Å². The van der Waals surface area contributed by atoms with Gasteiger partial charge in [-0.3, -0.25) is 4.79 Å². The van der Waals surface area contributed by atoms with Gasteiger partial charge in [0.2, 0.25) is 0 Å². The van der Waals surface area contributed by atoms with E-state index in [9.17, 15) is 4.79 Å². The fourth-order valence-electron chi connectivity index (χ4n) is 3.09. The van der Waals surface area contributed by atoms with Crippen LogP contribution in [0.1, 0.15) is 60.5 Å². The predicted octanol–water partition coefficient (Wildman–Crippen LogP) is 4.87. The number of hydrogen-bond acceptors (Lipinski definition) is 1. The molecule has 0 spiro atoms. The largest absolute Gasteiger partial charge is 0.294 e. The summed E-state index contributed by atoms with van der Waals surface area (Å²) in [5.74, 6) is 0.863. The van der Waals surface area contributed by atoms with Crippen LogP contribution in [0.5, 0.6) is 0 Å². The highest BCUT2D eigenvalue weighted by molar-refractivity contribution is 6.03. The first-order valence-corrected chi connectivity index (χ1v) is 7.29. The van der Waals surface area contributed by atoms with Crippen molar-refractivity contribution < 1.29 is 4.79 Å². The maximum Gasteiger partial charge on any atom is 0.163 e. The molecule has 1 atom stereocenters. The minimum absolute atomic E-state index is 0.321. The minimum Gasteiger partial charge on any atom is -0.294 e. The number of carbonyl (C=O) groups is 1. The summed E-state index contributed by atoms with van der Waals surface area (Å²) in [6.45, 7) is 4.48. The van der Waals surface area contributed by atoms with Gasteiger partial charge < -0.3 is 0 Å². The quantitative estimate of drug-likeness (QED) is 0.745.